The summed E-state index contributed by atoms with van der Waals surface area (Å²) in [6.45, 7) is 23.9. The summed E-state index contributed by atoms with van der Waals surface area (Å²) < 4.78 is 19.5. The molecule has 7 atom stereocenters. The highest BCUT2D eigenvalue weighted by molar-refractivity contribution is 5.76. The van der Waals surface area contributed by atoms with E-state index >= 15 is 0 Å². The lowest BCUT2D eigenvalue weighted by Gasteiger charge is -2.55. The second kappa shape index (κ2) is 31.0. The Kier molecular flexibility index (Phi) is 26.8. The van der Waals surface area contributed by atoms with Gasteiger partial charge in [0.1, 0.15) is 6.10 Å². The van der Waals surface area contributed by atoms with Crippen molar-refractivity contribution in [2.24, 2.45) is 40.4 Å². The van der Waals surface area contributed by atoms with E-state index < -0.39 is 0 Å². The zero-order valence-electron chi connectivity index (χ0n) is 46.6. The van der Waals surface area contributed by atoms with Crippen molar-refractivity contribution in [1.82, 2.24) is 9.80 Å². The molecule has 0 radical (unpaired) electrons. The summed E-state index contributed by atoms with van der Waals surface area (Å²) in [6.07, 6.45) is 38.7. The molecule has 0 aromatic rings. The van der Waals surface area contributed by atoms with Crippen molar-refractivity contribution < 1.29 is 23.8 Å². The van der Waals surface area contributed by atoms with Crippen LogP contribution in [0.25, 0.3) is 0 Å². The molecular weight excluding hydrogens is 841 g/mol. The van der Waals surface area contributed by atoms with Gasteiger partial charge in [0.05, 0.1) is 12.2 Å². The van der Waals surface area contributed by atoms with Crippen LogP contribution in [-0.4, -0.2) is 80.0 Å². The molecule has 1 amide bonds. The average molecular weight is 952 g/mol. The van der Waals surface area contributed by atoms with Crippen LogP contribution in [0.2, 0.25) is 0 Å². The number of hydrogen-bond acceptors (Lipinski definition) is 6. The largest absolute Gasteiger partial charge is 0.462 e. The van der Waals surface area contributed by atoms with Gasteiger partial charge in [0.15, 0.2) is 6.29 Å². The van der Waals surface area contributed by atoms with Gasteiger partial charge in [-0.15, -0.1) is 0 Å². The molecule has 0 aromatic heterocycles. The summed E-state index contributed by atoms with van der Waals surface area (Å²) in [5, 5.41) is 0. The lowest BCUT2D eigenvalue weighted by atomic mass is 9.50. The fourth-order valence-electron chi connectivity index (χ4n) is 13.7. The Labute approximate surface area is 420 Å². The number of hydrogen-bond donors (Lipinski definition) is 0. The van der Waals surface area contributed by atoms with Gasteiger partial charge in [0.2, 0.25) is 5.91 Å². The molecule has 7 heteroatoms. The molecule has 4 rings (SSSR count). The van der Waals surface area contributed by atoms with Crippen LogP contribution in [-0.2, 0) is 23.8 Å². The van der Waals surface area contributed by atoms with Crippen molar-refractivity contribution in [3.8, 4) is 0 Å². The molecule has 0 saturated heterocycles. The summed E-state index contributed by atoms with van der Waals surface area (Å²) in [4.78, 5) is 30.9. The van der Waals surface area contributed by atoms with Crippen LogP contribution in [0.15, 0.2) is 23.3 Å². The molecule has 0 bridgehead atoms. The summed E-state index contributed by atoms with van der Waals surface area (Å²) in [7, 11) is 4.16. The number of esters is 1. The minimum absolute atomic E-state index is 0.00131. The van der Waals surface area contributed by atoms with Crippen molar-refractivity contribution >= 4 is 11.9 Å². The van der Waals surface area contributed by atoms with Crippen molar-refractivity contribution in [2.45, 2.75) is 280 Å². The Bertz CT molecular complexity index is 1460. The van der Waals surface area contributed by atoms with Gasteiger partial charge in [0, 0.05) is 38.9 Å². The van der Waals surface area contributed by atoms with Gasteiger partial charge < -0.3 is 24.0 Å². The number of allylic oxidation sites excluding steroid dienone is 3. The molecule has 68 heavy (non-hydrogen) atoms. The second-order valence-electron chi connectivity index (χ2n) is 24.0. The van der Waals surface area contributed by atoms with Crippen LogP contribution in [0.5, 0.6) is 0 Å². The summed E-state index contributed by atoms with van der Waals surface area (Å²) in [6, 6.07) is 0. The molecule has 4 aliphatic rings. The van der Waals surface area contributed by atoms with Crippen molar-refractivity contribution in [3.05, 3.63) is 23.3 Å². The molecule has 7 unspecified atom stereocenters. The smallest absolute Gasteiger partial charge is 0.306 e. The SMILES string of the molecule is CCCC(CCC)OC(CCCCCCCCC(=O)N(CCCCCC(=O)OC1CCC2(C)C(=CC=C3C2CCC2(C)C3CCC2C(C)CCCC(C)C)C1)CCN(C)C)OC(CCC)CCC. The number of nitrogens with zero attached hydrogens (tertiary/aromatic N) is 2. The maximum Gasteiger partial charge on any atom is 0.306 e. The van der Waals surface area contributed by atoms with Crippen molar-refractivity contribution in [2.75, 3.05) is 33.7 Å². The maximum atomic E-state index is 13.5. The number of unbranched alkanes of at least 4 members (excludes halogenated alkanes) is 7. The fourth-order valence-corrected chi connectivity index (χ4v) is 13.7. The van der Waals surface area contributed by atoms with E-state index in [1.54, 1.807) is 5.57 Å². The van der Waals surface area contributed by atoms with Crippen LogP contribution in [0.3, 0.4) is 0 Å². The number of amides is 1. The van der Waals surface area contributed by atoms with Crippen molar-refractivity contribution in [3.63, 3.8) is 0 Å². The van der Waals surface area contributed by atoms with Crippen LogP contribution < -0.4 is 0 Å². The fraction of sp³-hybridized carbons (Fsp3) is 0.902. The van der Waals surface area contributed by atoms with Crippen LogP contribution in [0.1, 0.15) is 255 Å². The van der Waals surface area contributed by atoms with E-state index in [-0.39, 0.29) is 29.7 Å². The van der Waals surface area contributed by atoms with Gasteiger partial charge in [-0.25, -0.2) is 0 Å². The van der Waals surface area contributed by atoms with Gasteiger partial charge in [-0.1, -0.05) is 163 Å². The highest BCUT2D eigenvalue weighted by Crippen LogP contribution is 2.66. The van der Waals surface area contributed by atoms with Crippen LogP contribution in [0.4, 0.5) is 0 Å². The highest BCUT2D eigenvalue weighted by Gasteiger charge is 2.57. The zero-order chi connectivity index (χ0) is 49.5. The van der Waals surface area contributed by atoms with E-state index in [1.165, 1.54) is 69.8 Å². The predicted octanol–water partition coefficient (Wildman–Crippen LogP) is 16.2. The number of rotatable bonds is 36. The predicted molar refractivity (Wildman–Crippen MR) is 287 cm³/mol. The molecule has 394 valence electrons. The highest BCUT2D eigenvalue weighted by atomic mass is 16.7. The number of fused-ring (bicyclic) bond motifs is 5. The number of carbonyl (C=O) groups is 2. The minimum Gasteiger partial charge on any atom is -0.462 e. The molecular formula is C61H110N2O5. The van der Waals surface area contributed by atoms with Gasteiger partial charge in [-0.2, -0.15) is 0 Å². The standard InChI is InChI=1S/C61H110N2O5/c1-12-26-50(27-13-2)67-59(68-51(28-14-3)29-15-4)34-23-19-17-16-18-21-32-57(64)63(45-44-62(10)11)43-24-20-22-33-58(65)66-52-39-41-60(8)49(46-52)35-36-53-55-38-37-54(48(7)31-25-30-47(5)6)61(55,9)42-40-56(53)60/h35-36,47-48,50-52,54-56,59H,12-34,37-46H2,1-11H3. The molecule has 0 heterocycles. The van der Waals surface area contributed by atoms with Gasteiger partial charge >= 0.3 is 5.97 Å². The average Bonchev–Trinajstić information content (AvgIpc) is 3.65. The molecule has 0 aliphatic heterocycles. The summed E-state index contributed by atoms with van der Waals surface area (Å²) >= 11 is 0. The third-order valence-corrected chi connectivity index (χ3v) is 17.7. The topological polar surface area (TPSA) is 68.3 Å². The first-order valence-corrected chi connectivity index (χ1v) is 29.5. The van der Waals surface area contributed by atoms with Crippen LogP contribution >= 0.6 is 0 Å². The first kappa shape index (κ1) is 58.9. The summed E-state index contributed by atoms with van der Waals surface area (Å²) in [5.41, 5.74) is 3.95. The molecule has 0 aromatic carbocycles. The Hall–Kier alpha value is -1.70. The monoisotopic (exact) mass is 951 g/mol. The van der Waals surface area contributed by atoms with Gasteiger partial charge in [0.25, 0.3) is 0 Å². The first-order valence-electron chi connectivity index (χ1n) is 29.5. The first-order chi connectivity index (χ1) is 32.7. The van der Waals surface area contributed by atoms with E-state index in [2.05, 4.69) is 98.4 Å². The summed E-state index contributed by atoms with van der Waals surface area (Å²) in [5.74, 6) is 4.12. The second-order valence-corrected chi connectivity index (χ2v) is 24.0. The maximum absolute atomic E-state index is 13.5. The Balaban J connectivity index is 1.14. The van der Waals surface area contributed by atoms with Gasteiger partial charge in [-0.3, -0.25) is 9.59 Å². The van der Waals surface area contributed by atoms with E-state index in [0.717, 1.165) is 159 Å². The molecule has 4 aliphatic carbocycles. The molecule has 0 spiro atoms. The van der Waals surface area contributed by atoms with E-state index in [9.17, 15) is 9.59 Å². The third kappa shape index (κ3) is 18.4. The molecule has 3 fully saturated rings. The van der Waals surface area contributed by atoms with E-state index in [1.807, 2.05) is 0 Å². The lowest BCUT2D eigenvalue weighted by Crippen LogP contribution is -2.46. The molecule has 0 N–H and O–H groups in total. The third-order valence-electron chi connectivity index (χ3n) is 17.7. The molecule has 7 nitrogen and oxygen atoms in total. The van der Waals surface area contributed by atoms with Crippen molar-refractivity contribution in [1.29, 1.82) is 0 Å². The zero-order valence-corrected chi connectivity index (χ0v) is 46.6. The van der Waals surface area contributed by atoms with E-state index in [0.29, 0.717) is 36.4 Å². The Morgan fingerprint density at radius 1 is 0.632 bits per heavy atom. The quantitative estimate of drug-likeness (QED) is 0.0354. The van der Waals surface area contributed by atoms with Gasteiger partial charge in [-0.05, 0) is 151 Å². The lowest BCUT2D eigenvalue weighted by molar-refractivity contribution is -0.202. The Morgan fingerprint density at radius 2 is 1.25 bits per heavy atom. The number of likely N-dealkylation sites (N-methyl/N-ethyl adjacent to an activating group) is 1. The number of ether oxygens (including phenoxy) is 3. The van der Waals surface area contributed by atoms with Crippen LogP contribution in [0, 0.1) is 40.4 Å². The number of carbonyl (C=O) groups excluding carboxylic acids is 2. The van der Waals surface area contributed by atoms with E-state index in [4.69, 9.17) is 14.2 Å². The normalized spacial score (nSPS) is 25.2. The Morgan fingerprint density at radius 3 is 1.88 bits per heavy atom. The molecule has 3 saturated carbocycles. The minimum atomic E-state index is -0.0899.